The smallest absolute Gasteiger partial charge is 0.273 e. The highest BCUT2D eigenvalue weighted by atomic mass is 32.1. The van der Waals surface area contributed by atoms with E-state index in [0.29, 0.717) is 11.3 Å². The van der Waals surface area contributed by atoms with Crippen LogP contribution in [0.1, 0.15) is 15.9 Å². The number of amides is 1. The number of nitrogens with one attached hydrogen (secondary N) is 2. The molecule has 1 amide bonds. The molecule has 0 saturated heterocycles. The second-order valence-electron chi connectivity index (χ2n) is 5.58. The van der Waals surface area contributed by atoms with Crippen LogP contribution in [-0.4, -0.2) is 22.9 Å². The first kappa shape index (κ1) is 17.6. The van der Waals surface area contributed by atoms with Gasteiger partial charge in [-0.3, -0.25) is 14.9 Å². The summed E-state index contributed by atoms with van der Waals surface area (Å²) in [5, 5.41) is 19.5. The van der Waals surface area contributed by atoms with Gasteiger partial charge in [-0.25, -0.2) is 4.98 Å². The minimum Gasteiger partial charge on any atom is -0.365 e. The summed E-state index contributed by atoms with van der Waals surface area (Å²) in [4.78, 5) is 27.4. The van der Waals surface area contributed by atoms with E-state index in [4.69, 9.17) is 0 Å². The fourth-order valence-electron chi connectivity index (χ4n) is 2.43. The second kappa shape index (κ2) is 7.32. The summed E-state index contributed by atoms with van der Waals surface area (Å²) in [6.45, 7) is 1.64. The molecule has 1 heterocycles. The van der Waals surface area contributed by atoms with E-state index >= 15 is 0 Å². The van der Waals surface area contributed by atoms with Crippen molar-refractivity contribution < 1.29 is 9.72 Å². The van der Waals surface area contributed by atoms with Gasteiger partial charge in [0, 0.05) is 40.9 Å². The molecule has 0 aliphatic rings. The Hall–Kier alpha value is -3.26. The Morgan fingerprint density at radius 1 is 1.23 bits per heavy atom. The number of anilines is 2. The summed E-state index contributed by atoms with van der Waals surface area (Å²) >= 11 is 1.49. The van der Waals surface area contributed by atoms with Gasteiger partial charge in [-0.2, -0.15) is 0 Å². The van der Waals surface area contributed by atoms with Crippen molar-refractivity contribution in [3.63, 3.8) is 0 Å². The van der Waals surface area contributed by atoms with E-state index in [1.54, 1.807) is 32.2 Å². The van der Waals surface area contributed by atoms with Crippen LogP contribution in [0.4, 0.5) is 16.5 Å². The minimum absolute atomic E-state index is 0.0755. The number of rotatable bonds is 5. The highest BCUT2D eigenvalue weighted by Crippen LogP contribution is 2.27. The first-order chi connectivity index (χ1) is 12.5. The van der Waals surface area contributed by atoms with Gasteiger partial charge in [0.2, 0.25) is 0 Å². The Labute approximate surface area is 153 Å². The number of nitrogens with zero attached hydrogens (tertiary/aromatic N) is 2. The Kier molecular flexibility index (Phi) is 4.94. The van der Waals surface area contributed by atoms with Gasteiger partial charge in [-0.1, -0.05) is 18.2 Å². The van der Waals surface area contributed by atoms with Crippen molar-refractivity contribution in [2.24, 2.45) is 0 Å². The van der Waals surface area contributed by atoms with Crippen LogP contribution in [0, 0.1) is 17.0 Å². The van der Waals surface area contributed by atoms with Crippen molar-refractivity contribution in [3.05, 3.63) is 69.1 Å². The standard InChI is InChI=1S/C18H16N4O3S/c1-11-6-7-13(9-16(11)22(24)25)17(23)20-14-5-3-4-12(8-14)15-10-26-18(19-2)21-15/h3-10H,1-2H3,(H,19,21)(H,20,23). The molecular weight excluding hydrogens is 352 g/mol. The summed E-state index contributed by atoms with van der Waals surface area (Å²) < 4.78 is 0. The lowest BCUT2D eigenvalue weighted by Crippen LogP contribution is -2.12. The van der Waals surface area contributed by atoms with Crippen molar-refractivity contribution in [1.29, 1.82) is 0 Å². The number of thiazole rings is 1. The van der Waals surface area contributed by atoms with Crippen molar-refractivity contribution in [1.82, 2.24) is 4.98 Å². The average molecular weight is 368 g/mol. The Morgan fingerprint density at radius 3 is 2.73 bits per heavy atom. The molecule has 7 nitrogen and oxygen atoms in total. The van der Waals surface area contributed by atoms with Crippen molar-refractivity contribution in [3.8, 4) is 11.3 Å². The fraction of sp³-hybridized carbons (Fsp3) is 0.111. The highest BCUT2D eigenvalue weighted by Gasteiger charge is 2.15. The number of hydrogen-bond acceptors (Lipinski definition) is 6. The van der Waals surface area contributed by atoms with Gasteiger partial charge in [0.25, 0.3) is 11.6 Å². The molecule has 0 radical (unpaired) electrons. The molecule has 1 aromatic heterocycles. The van der Waals surface area contributed by atoms with E-state index < -0.39 is 10.8 Å². The van der Waals surface area contributed by atoms with E-state index in [0.717, 1.165) is 16.4 Å². The van der Waals surface area contributed by atoms with Crippen molar-refractivity contribution in [2.45, 2.75) is 6.92 Å². The molecule has 0 bridgehead atoms. The van der Waals surface area contributed by atoms with Crippen LogP contribution in [-0.2, 0) is 0 Å². The summed E-state index contributed by atoms with van der Waals surface area (Å²) in [6.07, 6.45) is 0. The van der Waals surface area contributed by atoms with Gasteiger partial charge >= 0.3 is 0 Å². The number of carbonyl (C=O) groups is 1. The number of hydrogen-bond donors (Lipinski definition) is 2. The van der Waals surface area contributed by atoms with E-state index in [1.165, 1.54) is 17.4 Å². The fourth-order valence-corrected chi connectivity index (χ4v) is 3.11. The largest absolute Gasteiger partial charge is 0.365 e. The van der Waals surface area contributed by atoms with Gasteiger partial charge in [-0.15, -0.1) is 11.3 Å². The van der Waals surface area contributed by atoms with Gasteiger partial charge in [0.15, 0.2) is 5.13 Å². The molecule has 0 unspecified atom stereocenters. The lowest BCUT2D eigenvalue weighted by molar-refractivity contribution is -0.385. The third-order valence-electron chi connectivity index (χ3n) is 3.80. The molecule has 0 aliphatic heterocycles. The lowest BCUT2D eigenvalue weighted by Gasteiger charge is -2.07. The SMILES string of the molecule is CNc1nc(-c2cccc(NC(=O)c3ccc(C)c([N+](=O)[O-])c3)c2)cs1. The maximum absolute atomic E-state index is 12.4. The van der Waals surface area contributed by atoms with Crippen LogP contribution in [0.2, 0.25) is 0 Å². The van der Waals surface area contributed by atoms with E-state index in [1.807, 2.05) is 23.6 Å². The number of benzene rings is 2. The van der Waals surface area contributed by atoms with Crippen molar-refractivity contribution >= 4 is 33.8 Å². The monoisotopic (exact) mass is 368 g/mol. The number of nitro benzene ring substituents is 1. The van der Waals surface area contributed by atoms with Crippen LogP contribution < -0.4 is 10.6 Å². The van der Waals surface area contributed by atoms with Crippen LogP contribution in [0.3, 0.4) is 0 Å². The molecule has 2 N–H and O–H groups in total. The first-order valence-corrected chi connectivity index (χ1v) is 8.66. The lowest BCUT2D eigenvalue weighted by atomic mass is 10.1. The van der Waals surface area contributed by atoms with Crippen LogP contribution in [0.25, 0.3) is 11.3 Å². The Balaban J connectivity index is 1.83. The van der Waals surface area contributed by atoms with Gasteiger partial charge in [0.1, 0.15) is 0 Å². The van der Waals surface area contributed by atoms with E-state index in [9.17, 15) is 14.9 Å². The highest BCUT2D eigenvalue weighted by molar-refractivity contribution is 7.14. The minimum atomic E-state index is -0.492. The zero-order valence-corrected chi connectivity index (χ0v) is 15.0. The zero-order chi connectivity index (χ0) is 18.7. The zero-order valence-electron chi connectivity index (χ0n) is 14.1. The van der Waals surface area contributed by atoms with Gasteiger partial charge in [0.05, 0.1) is 10.6 Å². The third-order valence-corrected chi connectivity index (χ3v) is 4.66. The second-order valence-corrected chi connectivity index (χ2v) is 6.44. The van der Waals surface area contributed by atoms with Crippen LogP contribution in [0.5, 0.6) is 0 Å². The van der Waals surface area contributed by atoms with E-state index in [2.05, 4.69) is 15.6 Å². The Bertz CT molecular complexity index is 984. The van der Waals surface area contributed by atoms with Crippen LogP contribution >= 0.6 is 11.3 Å². The van der Waals surface area contributed by atoms with Gasteiger partial charge in [-0.05, 0) is 25.1 Å². The first-order valence-electron chi connectivity index (χ1n) is 7.78. The number of carbonyl (C=O) groups excluding carboxylic acids is 1. The molecule has 0 aliphatic carbocycles. The van der Waals surface area contributed by atoms with E-state index in [-0.39, 0.29) is 11.3 Å². The predicted octanol–water partition coefficient (Wildman–Crippen LogP) is 4.32. The number of aromatic nitrogens is 1. The molecule has 2 aromatic carbocycles. The molecule has 0 saturated carbocycles. The summed E-state index contributed by atoms with van der Waals surface area (Å²) in [7, 11) is 1.81. The maximum Gasteiger partial charge on any atom is 0.273 e. The summed E-state index contributed by atoms with van der Waals surface area (Å²) in [6, 6.07) is 11.7. The number of aryl methyl sites for hydroxylation is 1. The third kappa shape index (κ3) is 3.70. The molecule has 0 fully saturated rings. The predicted molar refractivity (Wildman–Crippen MR) is 103 cm³/mol. The van der Waals surface area contributed by atoms with Crippen LogP contribution in [0.15, 0.2) is 47.8 Å². The van der Waals surface area contributed by atoms with Crippen molar-refractivity contribution in [2.75, 3.05) is 17.7 Å². The Morgan fingerprint density at radius 2 is 2.04 bits per heavy atom. The topological polar surface area (TPSA) is 97.2 Å². The molecule has 0 spiro atoms. The molecular formula is C18H16N4O3S. The summed E-state index contributed by atoms with van der Waals surface area (Å²) in [5.74, 6) is -0.403. The molecule has 3 rings (SSSR count). The molecule has 3 aromatic rings. The molecule has 26 heavy (non-hydrogen) atoms. The normalized spacial score (nSPS) is 10.4. The summed E-state index contributed by atoms with van der Waals surface area (Å²) in [5.41, 5.74) is 2.94. The average Bonchev–Trinajstić information content (AvgIpc) is 3.11. The molecule has 132 valence electrons. The molecule has 8 heteroatoms. The quantitative estimate of drug-likeness (QED) is 0.516. The van der Waals surface area contributed by atoms with Gasteiger partial charge < -0.3 is 10.6 Å². The number of nitro groups is 1. The molecule has 0 atom stereocenters. The maximum atomic E-state index is 12.4.